The second-order valence-corrected chi connectivity index (χ2v) is 2.42. The summed E-state index contributed by atoms with van der Waals surface area (Å²) < 4.78 is 0. The molecule has 0 unspecified atom stereocenters. The van der Waals surface area contributed by atoms with E-state index in [1.165, 1.54) is 0 Å². The maximum Gasteiger partial charge on any atom is 0.183 e. The number of pyridine rings is 1. The lowest BCUT2D eigenvalue weighted by atomic mass is 10.4. The molecule has 2 heterocycles. The molecule has 2 aromatic heterocycles. The number of nitrogen functional groups attached to an aromatic ring is 1. The number of hydrogen-bond donors (Lipinski definition) is 1. The largest absolute Gasteiger partial charge is 0.381 e. The first-order chi connectivity index (χ1) is 6.31. The fourth-order valence-corrected chi connectivity index (χ4v) is 0.989. The zero-order valence-electron chi connectivity index (χ0n) is 6.60. The molecule has 13 heavy (non-hydrogen) atoms. The van der Waals surface area contributed by atoms with Crippen LogP contribution in [0.2, 0.25) is 0 Å². The average molecular weight is 171 g/mol. The quantitative estimate of drug-likeness (QED) is 0.622. The molecule has 0 aliphatic heterocycles. The summed E-state index contributed by atoms with van der Waals surface area (Å²) in [5, 5.41) is 8.62. The SMILES string of the molecule is N#Cc1nc2cccnc2nc1N. The Morgan fingerprint density at radius 3 is 3.00 bits per heavy atom. The van der Waals surface area contributed by atoms with E-state index in [1.54, 1.807) is 18.3 Å². The molecule has 0 atom stereocenters. The predicted octanol–water partition coefficient (Wildman–Crippen LogP) is 0.479. The molecule has 0 saturated heterocycles. The Kier molecular flexibility index (Phi) is 1.53. The fraction of sp³-hybridized carbons (Fsp3) is 0. The van der Waals surface area contributed by atoms with E-state index in [2.05, 4.69) is 15.0 Å². The minimum Gasteiger partial charge on any atom is -0.381 e. The number of rotatable bonds is 0. The molecule has 0 aliphatic carbocycles. The van der Waals surface area contributed by atoms with Crippen LogP contribution in [0, 0.1) is 11.3 Å². The molecule has 0 amide bonds. The number of hydrogen-bond acceptors (Lipinski definition) is 5. The lowest BCUT2D eigenvalue weighted by Gasteiger charge is -1.97. The summed E-state index contributed by atoms with van der Waals surface area (Å²) in [6, 6.07) is 5.32. The van der Waals surface area contributed by atoms with Gasteiger partial charge in [-0.3, -0.25) is 0 Å². The van der Waals surface area contributed by atoms with E-state index >= 15 is 0 Å². The third kappa shape index (κ3) is 1.14. The number of nitrogens with zero attached hydrogens (tertiary/aromatic N) is 4. The van der Waals surface area contributed by atoms with Crippen molar-refractivity contribution in [1.29, 1.82) is 5.26 Å². The van der Waals surface area contributed by atoms with Crippen molar-refractivity contribution < 1.29 is 0 Å². The monoisotopic (exact) mass is 171 g/mol. The molecule has 0 saturated carbocycles. The lowest BCUT2D eigenvalue weighted by molar-refractivity contribution is 1.20. The fourth-order valence-electron chi connectivity index (χ4n) is 0.989. The van der Waals surface area contributed by atoms with Crippen LogP contribution in [0.1, 0.15) is 5.69 Å². The smallest absolute Gasteiger partial charge is 0.183 e. The zero-order chi connectivity index (χ0) is 9.26. The molecular weight excluding hydrogens is 166 g/mol. The Bertz CT molecular complexity index is 499. The van der Waals surface area contributed by atoms with E-state index in [9.17, 15) is 0 Å². The summed E-state index contributed by atoms with van der Waals surface area (Å²) in [5.41, 5.74) is 6.63. The average Bonchev–Trinajstić information content (AvgIpc) is 2.17. The van der Waals surface area contributed by atoms with Crippen LogP contribution >= 0.6 is 0 Å². The standard InChI is InChI=1S/C8H5N5/c9-4-6-7(10)13-8-5(12-6)2-1-3-11-8/h1-3H,(H2,10,11,13). The molecule has 0 aliphatic rings. The van der Waals surface area contributed by atoms with Crippen molar-refractivity contribution in [2.24, 2.45) is 0 Å². The Hall–Kier alpha value is -2.22. The summed E-state index contributed by atoms with van der Waals surface area (Å²) in [5.74, 6) is 0.119. The van der Waals surface area contributed by atoms with Crippen molar-refractivity contribution in [3.63, 3.8) is 0 Å². The highest BCUT2D eigenvalue weighted by molar-refractivity contribution is 5.72. The Morgan fingerprint density at radius 1 is 1.38 bits per heavy atom. The Balaban J connectivity index is 2.83. The molecule has 0 radical (unpaired) electrons. The number of nitriles is 1. The molecule has 0 spiro atoms. The van der Waals surface area contributed by atoms with Gasteiger partial charge in [-0.25, -0.2) is 15.0 Å². The van der Waals surface area contributed by atoms with E-state index in [1.807, 2.05) is 6.07 Å². The van der Waals surface area contributed by atoms with Crippen LogP contribution in [0.4, 0.5) is 5.82 Å². The third-order valence-corrected chi connectivity index (χ3v) is 1.57. The van der Waals surface area contributed by atoms with Crippen molar-refractivity contribution in [2.45, 2.75) is 0 Å². The number of aromatic nitrogens is 3. The van der Waals surface area contributed by atoms with Crippen molar-refractivity contribution in [2.75, 3.05) is 5.73 Å². The normalized spacial score (nSPS) is 9.77. The molecule has 0 aromatic carbocycles. The van der Waals surface area contributed by atoms with E-state index in [-0.39, 0.29) is 11.5 Å². The second-order valence-electron chi connectivity index (χ2n) is 2.42. The molecular formula is C8H5N5. The molecule has 5 heteroatoms. The van der Waals surface area contributed by atoms with Gasteiger partial charge in [-0.05, 0) is 12.1 Å². The van der Waals surface area contributed by atoms with Gasteiger partial charge >= 0.3 is 0 Å². The summed E-state index contributed by atoms with van der Waals surface area (Å²) in [7, 11) is 0. The van der Waals surface area contributed by atoms with Gasteiger partial charge in [0.05, 0.1) is 0 Å². The highest BCUT2D eigenvalue weighted by atomic mass is 15.0. The van der Waals surface area contributed by atoms with Gasteiger partial charge in [-0.1, -0.05) is 0 Å². The summed E-state index contributed by atoms with van der Waals surface area (Å²) in [6.07, 6.45) is 1.60. The first-order valence-electron chi connectivity index (χ1n) is 3.59. The van der Waals surface area contributed by atoms with Crippen LogP contribution in [0.15, 0.2) is 18.3 Å². The summed E-state index contributed by atoms with van der Waals surface area (Å²) in [6.45, 7) is 0. The van der Waals surface area contributed by atoms with Gasteiger partial charge in [0.25, 0.3) is 0 Å². The molecule has 62 valence electrons. The van der Waals surface area contributed by atoms with Crippen LogP contribution in [0.5, 0.6) is 0 Å². The molecule has 2 aromatic rings. The van der Waals surface area contributed by atoms with Crippen LogP contribution in [0.25, 0.3) is 11.2 Å². The first kappa shape index (κ1) is 7.43. The van der Waals surface area contributed by atoms with E-state index in [0.29, 0.717) is 11.2 Å². The molecule has 2 N–H and O–H groups in total. The maximum atomic E-state index is 8.62. The molecule has 2 rings (SSSR count). The van der Waals surface area contributed by atoms with Crippen molar-refractivity contribution in [3.8, 4) is 6.07 Å². The van der Waals surface area contributed by atoms with Crippen molar-refractivity contribution in [1.82, 2.24) is 15.0 Å². The van der Waals surface area contributed by atoms with E-state index in [4.69, 9.17) is 11.0 Å². The minimum absolute atomic E-state index is 0.119. The van der Waals surface area contributed by atoms with E-state index in [0.717, 1.165) is 0 Å². The first-order valence-corrected chi connectivity index (χ1v) is 3.59. The Labute approximate surface area is 73.9 Å². The number of anilines is 1. The third-order valence-electron chi connectivity index (χ3n) is 1.57. The maximum absolute atomic E-state index is 8.62. The van der Waals surface area contributed by atoms with Gasteiger partial charge in [0.2, 0.25) is 0 Å². The van der Waals surface area contributed by atoms with Crippen LogP contribution in [0.3, 0.4) is 0 Å². The summed E-state index contributed by atoms with van der Waals surface area (Å²) >= 11 is 0. The van der Waals surface area contributed by atoms with Gasteiger partial charge in [0.1, 0.15) is 11.6 Å². The molecule has 0 bridgehead atoms. The van der Waals surface area contributed by atoms with Gasteiger partial charge in [-0.2, -0.15) is 5.26 Å². The van der Waals surface area contributed by atoms with Gasteiger partial charge < -0.3 is 5.73 Å². The number of fused-ring (bicyclic) bond motifs is 1. The van der Waals surface area contributed by atoms with Crippen molar-refractivity contribution >= 4 is 17.0 Å². The molecule has 5 nitrogen and oxygen atoms in total. The van der Waals surface area contributed by atoms with Crippen molar-refractivity contribution in [3.05, 3.63) is 24.0 Å². The number of nitrogens with two attached hydrogens (primary N) is 1. The second kappa shape index (κ2) is 2.68. The van der Waals surface area contributed by atoms with Gasteiger partial charge in [-0.15, -0.1) is 0 Å². The highest BCUT2D eigenvalue weighted by Crippen LogP contribution is 2.10. The van der Waals surface area contributed by atoms with Crippen LogP contribution in [-0.4, -0.2) is 15.0 Å². The van der Waals surface area contributed by atoms with E-state index < -0.39 is 0 Å². The minimum atomic E-state index is 0.119. The molecule has 0 fully saturated rings. The van der Waals surface area contributed by atoms with Gasteiger partial charge in [0, 0.05) is 6.20 Å². The van der Waals surface area contributed by atoms with Gasteiger partial charge in [0.15, 0.2) is 17.2 Å². The predicted molar refractivity (Wildman–Crippen MR) is 46.5 cm³/mol. The zero-order valence-corrected chi connectivity index (χ0v) is 6.60. The van der Waals surface area contributed by atoms with Crippen LogP contribution < -0.4 is 5.73 Å². The van der Waals surface area contributed by atoms with Crippen LogP contribution in [-0.2, 0) is 0 Å². The Morgan fingerprint density at radius 2 is 2.23 bits per heavy atom. The highest BCUT2D eigenvalue weighted by Gasteiger charge is 2.04. The lowest BCUT2D eigenvalue weighted by Crippen LogP contribution is -1.99. The summed E-state index contributed by atoms with van der Waals surface area (Å²) in [4.78, 5) is 11.9. The topological polar surface area (TPSA) is 88.5 Å².